The highest BCUT2D eigenvalue weighted by Gasteiger charge is 2.14. The molecule has 0 saturated carbocycles. The molecule has 0 unspecified atom stereocenters. The van der Waals surface area contributed by atoms with Gasteiger partial charge in [-0.15, -0.1) is 0 Å². The average Bonchev–Trinajstić information content (AvgIpc) is 3.17. The van der Waals surface area contributed by atoms with Crippen molar-refractivity contribution in [1.82, 2.24) is 4.98 Å². The molecule has 0 bridgehead atoms. The first-order valence-electron chi connectivity index (χ1n) is 8.42. The Morgan fingerprint density at radius 1 is 1.18 bits per heavy atom. The smallest absolute Gasteiger partial charge is 0.224 e. The van der Waals surface area contributed by atoms with Crippen LogP contribution in [-0.4, -0.2) is 25.1 Å². The van der Waals surface area contributed by atoms with E-state index in [9.17, 15) is 9.18 Å². The first kappa shape index (κ1) is 19.7. The number of carbonyl (C=O) groups is 1. The zero-order valence-electron chi connectivity index (χ0n) is 15.3. The van der Waals surface area contributed by atoms with E-state index < -0.39 is 0 Å². The van der Waals surface area contributed by atoms with Gasteiger partial charge in [-0.3, -0.25) is 4.79 Å². The molecule has 6 nitrogen and oxygen atoms in total. The number of carbonyl (C=O) groups excluding carboxylic acids is 1. The summed E-state index contributed by atoms with van der Waals surface area (Å²) in [6.07, 6.45) is 2.01. The van der Waals surface area contributed by atoms with Gasteiger partial charge in [-0.2, -0.15) is 0 Å². The predicted molar refractivity (Wildman–Crippen MR) is 103 cm³/mol. The van der Waals surface area contributed by atoms with Crippen LogP contribution in [0, 0.1) is 5.82 Å². The number of amides is 1. The maximum absolute atomic E-state index is 13.0. The second-order valence-corrected chi connectivity index (χ2v) is 6.27. The van der Waals surface area contributed by atoms with Crippen molar-refractivity contribution in [3.63, 3.8) is 0 Å². The molecular formula is C20H18ClFN2O4. The molecule has 0 atom stereocenters. The Bertz CT molecular complexity index is 973. The summed E-state index contributed by atoms with van der Waals surface area (Å²) in [5.74, 6) is 1.21. The summed E-state index contributed by atoms with van der Waals surface area (Å²) in [7, 11) is 2.97. The summed E-state index contributed by atoms with van der Waals surface area (Å²) in [6, 6.07) is 9.06. The van der Waals surface area contributed by atoms with E-state index in [1.165, 1.54) is 26.4 Å². The van der Waals surface area contributed by atoms with Crippen LogP contribution in [0.15, 0.2) is 47.0 Å². The van der Waals surface area contributed by atoms with E-state index in [2.05, 4.69) is 10.3 Å². The highest BCUT2D eigenvalue weighted by Crippen LogP contribution is 2.36. The Hall–Kier alpha value is -3.06. The summed E-state index contributed by atoms with van der Waals surface area (Å²) in [6.45, 7) is 0. The molecule has 1 N–H and O–H groups in total. The van der Waals surface area contributed by atoms with E-state index in [0.29, 0.717) is 45.8 Å². The van der Waals surface area contributed by atoms with Crippen LogP contribution in [0.5, 0.6) is 11.5 Å². The van der Waals surface area contributed by atoms with E-state index in [-0.39, 0.29) is 18.1 Å². The minimum Gasteiger partial charge on any atom is -0.495 e. The monoisotopic (exact) mass is 404 g/mol. The fourth-order valence-corrected chi connectivity index (χ4v) is 2.80. The summed E-state index contributed by atoms with van der Waals surface area (Å²) in [5.41, 5.74) is 1.16. The largest absolute Gasteiger partial charge is 0.495 e. The van der Waals surface area contributed by atoms with Crippen molar-refractivity contribution in [3.05, 3.63) is 59.3 Å². The second kappa shape index (κ2) is 8.75. The van der Waals surface area contributed by atoms with Gasteiger partial charge in [0.05, 0.1) is 31.1 Å². The van der Waals surface area contributed by atoms with Crippen molar-refractivity contribution < 1.29 is 23.1 Å². The number of halogens is 2. The number of methoxy groups -OCH3 is 2. The fourth-order valence-electron chi connectivity index (χ4n) is 2.56. The normalized spacial score (nSPS) is 10.6. The molecule has 0 aliphatic heterocycles. The maximum Gasteiger partial charge on any atom is 0.224 e. The van der Waals surface area contributed by atoms with Crippen molar-refractivity contribution >= 4 is 23.2 Å². The molecule has 0 fully saturated rings. The molecule has 1 amide bonds. The number of aromatic nitrogens is 1. The molecule has 1 aromatic heterocycles. The Morgan fingerprint density at radius 2 is 1.89 bits per heavy atom. The molecule has 2 aromatic carbocycles. The number of rotatable bonds is 7. The molecule has 0 saturated heterocycles. The predicted octanol–water partition coefficient (Wildman–Crippen LogP) is 4.72. The van der Waals surface area contributed by atoms with Crippen molar-refractivity contribution in [2.45, 2.75) is 12.8 Å². The van der Waals surface area contributed by atoms with Crippen LogP contribution in [0.25, 0.3) is 11.3 Å². The van der Waals surface area contributed by atoms with Gasteiger partial charge in [-0.05, 0) is 24.3 Å². The van der Waals surface area contributed by atoms with Crippen molar-refractivity contribution in [1.29, 1.82) is 0 Å². The Labute approximate surface area is 166 Å². The molecular weight excluding hydrogens is 387 g/mol. The van der Waals surface area contributed by atoms with Crippen LogP contribution in [0.3, 0.4) is 0 Å². The van der Waals surface area contributed by atoms with Crippen LogP contribution >= 0.6 is 11.6 Å². The highest BCUT2D eigenvalue weighted by molar-refractivity contribution is 6.32. The van der Waals surface area contributed by atoms with Crippen LogP contribution < -0.4 is 14.8 Å². The molecule has 146 valence electrons. The van der Waals surface area contributed by atoms with E-state index in [0.717, 1.165) is 0 Å². The van der Waals surface area contributed by atoms with Crippen LogP contribution in [-0.2, 0) is 11.2 Å². The zero-order valence-corrected chi connectivity index (χ0v) is 16.0. The van der Waals surface area contributed by atoms with Gasteiger partial charge in [-0.25, -0.2) is 9.37 Å². The third-order valence-electron chi connectivity index (χ3n) is 4.00. The molecule has 1 heterocycles. The number of aryl methyl sites for hydroxylation is 1. The lowest BCUT2D eigenvalue weighted by Crippen LogP contribution is -2.13. The van der Waals surface area contributed by atoms with E-state index in [4.69, 9.17) is 25.5 Å². The summed E-state index contributed by atoms with van der Waals surface area (Å²) in [5, 5.41) is 3.14. The van der Waals surface area contributed by atoms with Gasteiger partial charge in [0, 0.05) is 30.5 Å². The zero-order chi connectivity index (χ0) is 20.1. The van der Waals surface area contributed by atoms with Crippen LogP contribution in [0.2, 0.25) is 5.02 Å². The Balaban J connectivity index is 1.63. The molecule has 0 aliphatic rings. The molecule has 8 heteroatoms. The first-order chi connectivity index (χ1) is 13.5. The van der Waals surface area contributed by atoms with Gasteiger partial charge in [0.25, 0.3) is 0 Å². The van der Waals surface area contributed by atoms with Crippen LogP contribution in [0.4, 0.5) is 10.1 Å². The maximum atomic E-state index is 13.0. The Kier molecular flexibility index (Phi) is 6.16. The second-order valence-electron chi connectivity index (χ2n) is 5.86. The van der Waals surface area contributed by atoms with E-state index >= 15 is 0 Å². The quantitative estimate of drug-likeness (QED) is 0.616. The Morgan fingerprint density at radius 3 is 2.57 bits per heavy atom. The van der Waals surface area contributed by atoms with Gasteiger partial charge in [0.2, 0.25) is 5.91 Å². The topological polar surface area (TPSA) is 73.6 Å². The number of benzene rings is 2. The summed E-state index contributed by atoms with van der Waals surface area (Å²) in [4.78, 5) is 16.5. The van der Waals surface area contributed by atoms with E-state index in [1.54, 1.807) is 30.5 Å². The minimum absolute atomic E-state index is 0.150. The standard InChI is InChI=1S/C20H18ClFN2O4/c1-26-16-10-15(17(27-2)9-14(16)21)24-19(25)7-8-20-23-11-18(28-20)12-3-5-13(22)6-4-12/h3-6,9-11H,7-8H2,1-2H3,(H,24,25). The fraction of sp³-hybridized carbons (Fsp3) is 0.200. The lowest BCUT2D eigenvalue weighted by atomic mass is 10.2. The highest BCUT2D eigenvalue weighted by atomic mass is 35.5. The van der Waals surface area contributed by atoms with Gasteiger partial charge in [-0.1, -0.05) is 11.6 Å². The number of nitrogens with zero attached hydrogens (tertiary/aromatic N) is 1. The first-order valence-corrected chi connectivity index (χ1v) is 8.80. The number of hydrogen-bond acceptors (Lipinski definition) is 5. The van der Waals surface area contributed by atoms with Crippen molar-refractivity contribution in [3.8, 4) is 22.8 Å². The molecule has 0 spiro atoms. The number of anilines is 1. The number of ether oxygens (including phenoxy) is 2. The molecule has 28 heavy (non-hydrogen) atoms. The SMILES string of the molecule is COc1cc(NC(=O)CCc2ncc(-c3ccc(F)cc3)o2)c(OC)cc1Cl. The number of hydrogen-bond donors (Lipinski definition) is 1. The van der Waals surface area contributed by atoms with Gasteiger partial charge in [0.15, 0.2) is 11.7 Å². The number of nitrogens with one attached hydrogen (secondary N) is 1. The molecule has 3 aromatic rings. The average molecular weight is 405 g/mol. The third-order valence-corrected chi connectivity index (χ3v) is 4.29. The van der Waals surface area contributed by atoms with Crippen molar-refractivity contribution in [2.24, 2.45) is 0 Å². The minimum atomic E-state index is -0.325. The molecule has 0 aliphatic carbocycles. The lowest BCUT2D eigenvalue weighted by Gasteiger charge is -2.13. The van der Waals surface area contributed by atoms with Crippen LogP contribution in [0.1, 0.15) is 12.3 Å². The third kappa shape index (κ3) is 4.61. The van der Waals surface area contributed by atoms with Gasteiger partial charge in [0.1, 0.15) is 17.3 Å². The van der Waals surface area contributed by atoms with Gasteiger partial charge < -0.3 is 19.2 Å². The summed E-state index contributed by atoms with van der Waals surface area (Å²) >= 11 is 6.06. The number of oxazole rings is 1. The molecule has 0 radical (unpaired) electrons. The van der Waals surface area contributed by atoms with E-state index in [1.807, 2.05) is 0 Å². The lowest BCUT2D eigenvalue weighted by molar-refractivity contribution is -0.116. The van der Waals surface area contributed by atoms with Crippen molar-refractivity contribution in [2.75, 3.05) is 19.5 Å². The molecule has 3 rings (SSSR count). The summed E-state index contributed by atoms with van der Waals surface area (Å²) < 4.78 is 29.0. The van der Waals surface area contributed by atoms with Gasteiger partial charge >= 0.3 is 0 Å².